The summed E-state index contributed by atoms with van der Waals surface area (Å²) in [6.07, 6.45) is 0.972. The van der Waals surface area contributed by atoms with Crippen LogP contribution in [0.15, 0.2) is 28.7 Å². The zero-order valence-electron chi connectivity index (χ0n) is 12.5. The van der Waals surface area contributed by atoms with Crippen molar-refractivity contribution in [3.8, 4) is 0 Å². The van der Waals surface area contributed by atoms with Crippen LogP contribution in [-0.2, 0) is 10.3 Å². The Morgan fingerprint density at radius 1 is 1.32 bits per heavy atom. The molecular formula is C16H24BrNO. The standard InChI is InChI=1S/C16H24BrNO/c1-14(2)10-13(15(3,4)19-14)16(5,18)11-7-6-8-12(17)9-11/h6-9,13H,10,18H2,1-5H3. The fraction of sp³-hybridized carbons (Fsp3) is 0.625. The second-order valence-electron chi connectivity index (χ2n) is 7.01. The summed E-state index contributed by atoms with van der Waals surface area (Å²) < 4.78 is 7.26. The zero-order valence-corrected chi connectivity index (χ0v) is 14.0. The molecule has 0 spiro atoms. The number of hydrogen-bond acceptors (Lipinski definition) is 2. The van der Waals surface area contributed by atoms with Gasteiger partial charge in [-0.2, -0.15) is 0 Å². The fourth-order valence-corrected chi connectivity index (χ4v) is 3.92. The highest BCUT2D eigenvalue weighted by atomic mass is 79.9. The lowest BCUT2D eigenvalue weighted by atomic mass is 9.70. The van der Waals surface area contributed by atoms with Crippen molar-refractivity contribution in [2.24, 2.45) is 11.7 Å². The molecule has 1 fully saturated rings. The number of ether oxygens (including phenoxy) is 1. The van der Waals surface area contributed by atoms with Crippen LogP contribution in [0, 0.1) is 5.92 Å². The van der Waals surface area contributed by atoms with E-state index in [9.17, 15) is 0 Å². The molecule has 1 aromatic carbocycles. The molecule has 1 aliphatic rings. The van der Waals surface area contributed by atoms with E-state index in [1.165, 1.54) is 0 Å². The lowest BCUT2D eigenvalue weighted by Gasteiger charge is -2.39. The van der Waals surface area contributed by atoms with E-state index in [-0.39, 0.29) is 17.1 Å². The van der Waals surface area contributed by atoms with Gasteiger partial charge < -0.3 is 10.5 Å². The summed E-state index contributed by atoms with van der Waals surface area (Å²) in [6.45, 7) is 10.7. The van der Waals surface area contributed by atoms with Crippen LogP contribution in [0.25, 0.3) is 0 Å². The van der Waals surface area contributed by atoms with E-state index in [2.05, 4.69) is 62.7 Å². The van der Waals surface area contributed by atoms with Gasteiger partial charge in [0.1, 0.15) is 0 Å². The summed E-state index contributed by atoms with van der Waals surface area (Å²) in [6, 6.07) is 8.28. The topological polar surface area (TPSA) is 35.2 Å². The number of halogens is 1. The Hall–Kier alpha value is -0.380. The molecule has 106 valence electrons. The van der Waals surface area contributed by atoms with Crippen molar-refractivity contribution >= 4 is 15.9 Å². The molecule has 2 atom stereocenters. The molecule has 1 aliphatic heterocycles. The molecule has 2 rings (SSSR count). The second-order valence-corrected chi connectivity index (χ2v) is 7.93. The molecule has 2 N–H and O–H groups in total. The van der Waals surface area contributed by atoms with Crippen LogP contribution in [0.5, 0.6) is 0 Å². The van der Waals surface area contributed by atoms with Crippen molar-refractivity contribution < 1.29 is 4.74 Å². The fourth-order valence-electron chi connectivity index (χ4n) is 3.52. The first kappa shape index (κ1) is 15.0. The highest BCUT2D eigenvalue weighted by Crippen LogP contribution is 2.49. The Morgan fingerprint density at radius 3 is 2.42 bits per heavy atom. The summed E-state index contributed by atoms with van der Waals surface area (Å²) in [4.78, 5) is 0. The van der Waals surface area contributed by atoms with Crippen LogP contribution in [0.3, 0.4) is 0 Å². The van der Waals surface area contributed by atoms with Crippen LogP contribution in [0.2, 0.25) is 0 Å². The van der Waals surface area contributed by atoms with Crippen molar-refractivity contribution in [1.82, 2.24) is 0 Å². The number of hydrogen-bond donors (Lipinski definition) is 1. The Morgan fingerprint density at radius 2 is 1.95 bits per heavy atom. The Kier molecular flexibility index (Phi) is 3.62. The van der Waals surface area contributed by atoms with Gasteiger partial charge in [0.25, 0.3) is 0 Å². The predicted molar refractivity (Wildman–Crippen MR) is 83.0 cm³/mol. The zero-order chi connectivity index (χ0) is 14.5. The summed E-state index contributed by atoms with van der Waals surface area (Å²) in [5, 5.41) is 0. The van der Waals surface area contributed by atoms with Gasteiger partial charge in [-0.1, -0.05) is 28.1 Å². The van der Waals surface area contributed by atoms with Crippen molar-refractivity contribution in [1.29, 1.82) is 0 Å². The van der Waals surface area contributed by atoms with E-state index in [4.69, 9.17) is 10.5 Å². The molecule has 0 saturated carbocycles. The maximum atomic E-state index is 6.71. The minimum absolute atomic E-state index is 0.110. The molecule has 2 nitrogen and oxygen atoms in total. The van der Waals surface area contributed by atoms with E-state index in [1.807, 2.05) is 12.1 Å². The molecule has 1 heterocycles. The maximum absolute atomic E-state index is 6.71. The van der Waals surface area contributed by atoms with Gasteiger partial charge in [-0.15, -0.1) is 0 Å². The van der Waals surface area contributed by atoms with Crippen molar-refractivity contribution in [2.45, 2.75) is 57.8 Å². The number of benzene rings is 1. The van der Waals surface area contributed by atoms with Crippen LogP contribution in [0.4, 0.5) is 0 Å². The summed E-state index contributed by atoms with van der Waals surface area (Å²) >= 11 is 3.53. The van der Waals surface area contributed by atoms with Gasteiger partial charge in [0.05, 0.1) is 11.2 Å². The van der Waals surface area contributed by atoms with E-state index in [1.54, 1.807) is 0 Å². The largest absolute Gasteiger partial charge is 0.369 e. The third-order valence-electron chi connectivity index (χ3n) is 4.24. The minimum Gasteiger partial charge on any atom is -0.369 e. The van der Waals surface area contributed by atoms with E-state index in [0.717, 1.165) is 16.5 Å². The van der Waals surface area contributed by atoms with Crippen LogP contribution < -0.4 is 5.73 Å². The molecule has 3 heteroatoms. The third kappa shape index (κ3) is 2.88. The predicted octanol–water partition coefficient (Wildman–Crippen LogP) is 4.22. The average Bonchev–Trinajstić information content (AvgIpc) is 2.47. The molecule has 0 bridgehead atoms. The van der Waals surface area contributed by atoms with Crippen molar-refractivity contribution in [3.05, 3.63) is 34.3 Å². The molecule has 19 heavy (non-hydrogen) atoms. The summed E-state index contributed by atoms with van der Waals surface area (Å²) in [5.41, 5.74) is 7.14. The SMILES string of the molecule is CC1(C)CC(C(C)(N)c2cccc(Br)c2)C(C)(C)O1. The van der Waals surface area contributed by atoms with Gasteiger partial charge in [-0.3, -0.25) is 0 Å². The molecule has 0 radical (unpaired) electrons. The lowest BCUT2D eigenvalue weighted by molar-refractivity contribution is -0.0814. The monoisotopic (exact) mass is 325 g/mol. The van der Waals surface area contributed by atoms with Gasteiger partial charge in [-0.05, 0) is 58.7 Å². The van der Waals surface area contributed by atoms with Crippen molar-refractivity contribution in [2.75, 3.05) is 0 Å². The van der Waals surface area contributed by atoms with Crippen LogP contribution in [-0.4, -0.2) is 11.2 Å². The van der Waals surface area contributed by atoms with Crippen molar-refractivity contribution in [3.63, 3.8) is 0 Å². The quantitative estimate of drug-likeness (QED) is 0.883. The highest BCUT2D eigenvalue weighted by molar-refractivity contribution is 9.10. The highest BCUT2D eigenvalue weighted by Gasteiger charge is 2.52. The first-order chi connectivity index (χ1) is 8.55. The van der Waals surface area contributed by atoms with Crippen LogP contribution in [0.1, 0.15) is 46.6 Å². The van der Waals surface area contributed by atoms with Crippen LogP contribution >= 0.6 is 15.9 Å². The Balaban J connectivity index is 2.39. The second kappa shape index (κ2) is 4.57. The third-order valence-corrected chi connectivity index (χ3v) is 4.74. The van der Waals surface area contributed by atoms with Gasteiger partial charge in [0, 0.05) is 15.9 Å². The van der Waals surface area contributed by atoms with Gasteiger partial charge in [0.2, 0.25) is 0 Å². The molecule has 1 saturated heterocycles. The number of nitrogens with two attached hydrogens (primary N) is 1. The van der Waals surface area contributed by atoms with E-state index < -0.39 is 5.54 Å². The molecular weight excluding hydrogens is 302 g/mol. The lowest BCUT2D eigenvalue weighted by Crippen LogP contribution is -2.48. The first-order valence-electron chi connectivity index (χ1n) is 6.80. The summed E-state index contributed by atoms with van der Waals surface area (Å²) in [7, 11) is 0. The number of rotatable bonds is 2. The summed E-state index contributed by atoms with van der Waals surface area (Å²) in [5.74, 6) is 0.282. The molecule has 0 aromatic heterocycles. The molecule has 2 unspecified atom stereocenters. The Bertz CT molecular complexity index is 479. The van der Waals surface area contributed by atoms with E-state index in [0.29, 0.717) is 0 Å². The van der Waals surface area contributed by atoms with E-state index >= 15 is 0 Å². The average molecular weight is 326 g/mol. The molecule has 0 aliphatic carbocycles. The van der Waals surface area contributed by atoms with Gasteiger partial charge >= 0.3 is 0 Å². The normalized spacial score (nSPS) is 28.1. The van der Waals surface area contributed by atoms with Gasteiger partial charge in [0.15, 0.2) is 0 Å². The molecule has 1 aromatic rings. The maximum Gasteiger partial charge on any atom is 0.0683 e. The minimum atomic E-state index is -0.402. The Labute approximate surface area is 124 Å². The molecule has 0 amide bonds. The van der Waals surface area contributed by atoms with Gasteiger partial charge in [-0.25, -0.2) is 0 Å². The smallest absolute Gasteiger partial charge is 0.0683 e. The first-order valence-corrected chi connectivity index (χ1v) is 7.59.